The molecule has 2 heterocycles. The first-order chi connectivity index (χ1) is 15.5. The van der Waals surface area contributed by atoms with Gasteiger partial charge in [-0.3, -0.25) is 9.69 Å². The van der Waals surface area contributed by atoms with Crippen LogP contribution >= 0.6 is 0 Å². The summed E-state index contributed by atoms with van der Waals surface area (Å²) in [6, 6.07) is 16.8. The van der Waals surface area contributed by atoms with E-state index in [-0.39, 0.29) is 11.9 Å². The lowest BCUT2D eigenvalue weighted by molar-refractivity contribution is 0.0940. The predicted octanol–water partition coefficient (Wildman–Crippen LogP) is 5.65. The van der Waals surface area contributed by atoms with Crippen LogP contribution in [0.3, 0.4) is 0 Å². The highest BCUT2D eigenvalue weighted by atomic mass is 16.1. The fraction of sp³-hybridized carbons (Fsp3) is 0.536. The van der Waals surface area contributed by atoms with Gasteiger partial charge in [-0.1, -0.05) is 38.1 Å². The maximum absolute atomic E-state index is 12.8. The summed E-state index contributed by atoms with van der Waals surface area (Å²) < 4.78 is 0. The summed E-state index contributed by atoms with van der Waals surface area (Å²) >= 11 is 0. The van der Waals surface area contributed by atoms with Gasteiger partial charge in [-0.15, -0.1) is 0 Å². The first-order valence-corrected chi connectivity index (χ1v) is 12.4. The molecule has 2 aliphatic heterocycles. The molecule has 0 radical (unpaired) electrons. The number of benzene rings is 2. The van der Waals surface area contributed by atoms with Gasteiger partial charge in [0.05, 0.1) is 6.04 Å². The van der Waals surface area contributed by atoms with Crippen molar-refractivity contribution in [2.75, 3.05) is 31.1 Å². The Hall–Kier alpha value is -2.33. The first kappa shape index (κ1) is 22.8. The van der Waals surface area contributed by atoms with E-state index in [1.165, 1.54) is 50.0 Å². The summed E-state index contributed by atoms with van der Waals surface area (Å²) in [7, 11) is 0. The summed E-state index contributed by atoms with van der Waals surface area (Å²) in [4.78, 5) is 17.8. The molecule has 2 aliphatic rings. The number of hydrogen-bond donors (Lipinski definition) is 1. The second-order valence-electron chi connectivity index (χ2n) is 10.2. The topological polar surface area (TPSA) is 35.6 Å². The van der Waals surface area contributed by atoms with E-state index in [0.29, 0.717) is 0 Å². The Morgan fingerprint density at radius 2 is 1.59 bits per heavy atom. The Labute approximate surface area is 194 Å². The lowest BCUT2D eigenvalue weighted by atomic mass is 9.99. The van der Waals surface area contributed by atoms with Gasteiger partial charge in [0.1, 0.15) is 0 Å². The van der Waals surface area contributed by atoms with E-state index in [9.17, 15) is 4.79 Å². The Morgan fingerprint density at radius 3 is 2.25 bits per heavy atom. The van der Waals surface area contributed by atoms with Crippen molar-refractivity contribution in [1.29, 1.82) is 0 Å². The normalized spacial score (nSPS) is 23.0. The summed E-state index contributed by atoms with van der Waals surface area (Å²) in [5.74, 6) is 1.54. The summed E-state index contributed by atoms with van der Waals surface area (Å²) in [6.07, 6.45) is 5.23. The van der Waals surface area contributed by atoms with Gasteiger partial charge in [0, 0.05) is 37.4 Å². The van der Waals surface area contributed by atoms with Crippen LogP contribution in [0.4, 0.5) is 5.69 Å². The van der Waals surface area contributed by atoms with E-state index in [0.717, 1.165) is 42.6 Å². The van der Waals surface area contributed by atoms with Crippen LogP contribution in [-0.4, -0.2) is 37.0 Å². The van der Waals surface area contributed by atoms with Crippen molar-refractivity contribution in [3.8, 4) is 0 Å². The second kappa shape index (κ2) is 10.5. The van der Waals surface area contributed by atoms with Gasteiger partial charge >= 0.3 is 0 Å². The standard InChI is InChI=1S/C28H39N3O/c1-21-6-4-16-30(18-21)20-24-8-10-26(11-9-24)28(32)29-23(3)25-12-14-27(15-13-25)31-17-5-7-22(2)19-31/h8-15,21-23H,4-7,16-20H2,1-3H3,(H,29,32)/t21-,22-,23-/m1/s1. The quantitative estimate of drug-likeness (QED) is 0.640. The fourth-order valence-corrected chi connectivity index (χ4v) is 5.21. The van der Waals surface area contributed by atoms with E-state index < -0.39 is 0 Å². The Kier molecular flexibility index (Phi) is 7.51. The number of carbonyl (C=O) groups excluding carboxylic acids is 1. The molecule has 2 saturated heterocycles. The molecule has 3 atom stereocenters. The number of anilines is 1. The van der Waals surface area contributed by atoms with Gasteiger partial charge in [0.2, 0.25) is 0 Å². The highest BCUT2D eigenvalue weighted by Gasteiger charge is 2.18. The highest BCUT2D eigenvalue weighted by molar-refractivity contribution is 5.94. The maximum Gasteiger partial charge on any atom is 0.251 e. The Bertz CT molecular complexity index is 877. The van der Waals surface area contributed by atoms with Gasteiger partial charge in [-0.2, -0.15) is 0 Å². The summed E-state index contributed by atoms with van der Waals surface area (Å²) in [5, 5.41) is 3.16. The number of carbonyl (C=O) groups is 1. The summed E-state index contributed by atoms with van der Waals surface area (Å²) in [6.45, 7) is 12.3. The molecule has 32 heavy (non-hydrogen) atoms. The minimum Gasteiger partial charge on any atom is -0.371 e. The molecule has 2 aromatic carbocycles. The average Bonchev–Trinajstić information content (AvgIpc) is 2.79. The third kappa shape index (κ3) is 5.92. The van der Waals surface area contributed by atoms with E-state index >= 15 is 0 Å². The lowest BCUT2D eigenvalue weighted by Crippen LogP contribution is -2.34. The molecule has 1 N–H and O–H groups in total. The third-order valence-electron chi connectivity index (χ3n) is 7.13. The molecule has 4 nitrogen and oxygen atoms in total. The van der Waals surface area contributed by atoms with Gasteiger partial charge in [-0.05, 0) is 86.4 Å². The van der Waals surface area contributed by atoms with Crippen LogP contribution in [-0.2, 0) is 6.54 Å². The van der Waals surface area contributed by atoms with Gasteiger partial charge < -0.3 is 10.2 Å². The maximum atomic E-state index is 12.8. The molecule has 2 fully saturated rings. The van der Waals surface area contributed by atoms with Crippen LogP contribution < -0.4 is 10.2 Å². The largest absolute Gasteiger partial charge is 0.371 e. The van der Waals surface area contributed by atoms with Gasteiger partial charge in [0.15, 0.2) is 0 Å². The van der Waals surface area contributed by atoms with Crippen molar-refractivity contribution >= 4 is 11.6 Å². The number of nitrogens with one attached hydrogen (secondary N) is 1. The monoisotopic (exact) mass is 433 g/mol. The van der Waals surface area contributed by atoms with E-state index in [1.807, 2.05) is 12.1 Å². The van der Waals surface area contributed by atoms with Crippen molar-refractivity contribution in [3.05, 3.63) is 65.2 Å². The number of nitrogens with zero attached hydrogens (tertiary/aromatic N) is 2. The van der Waals surface area contributed by atoms with Gasteiger partial charge in [-0.25, -0.2) is 0 Å². The molecule has 0 bridgehead atoms. The molecular weight excluding hydrogens is 394 g/mol. The molecule has 4 heteroatoms. The zero-order valence-electron chi connectivity index (χ0n) is 20.0. The molecular formula is C28H39N3O. The minimum atomic E-state index is -0.0219. The SMILES string of the molecule is C[C@@H]1CCCN(Cc2ccc(C(=O)N[C@H](C)c3ccc(N4CCC[C@@H](C)C4)cc3)cc2)C1. The Balaban J connectivity index is 1.31. The highest BCUT2D eigenvalue weighted by Crippen LogP contribution is 2.25. The molecule has 2 aromatic rings. The minimum absolute atomic E-state index is 0.00965. The van der Waals surface area contributed by atoms with Crippen molar-refractivity contribution in [1.82, 2.24) is 10.2 Å². The number of hydrogen-bond acceptors (Lipinski definition) is 3. The molecule has 0 aliphatic carbocycles. The average molecular weight is 434 g/mol. The third-order valence-corrected chi connectivity index (χ3v) is 7.13. The van der Waals surface area contributed by atoms with Crippen LogP contribution in [0.1, 0.15) is 74.0 Å². The number of likely N-dealkylation sites (tertiary alicyclic amines) is 1. The van der Waals surface area contributed by atoms with Crippen LogP contribution in [0.2, 0.25) is 0 Å². The van der Waals surface area contributed by atoms with Crippen molar-refractivity contribution in [2.45, 2.75) is 59.0 Å². The smallest absolute Gasteiger partial charge is 0.251 e. The molecule has 0 unspecified atom stereocenters. The number of rotatable bonds is 6. The second-order valence-corrected chi connectivity index (χ2v) is 10.2. The molecule has 4 rings (SSSR count). The van der Waals surface area contributed by atoms with Crippen molar-refractivity contribution in [2.24, 2.45) is 11.8 Å². The van der Waals surface area contributed by atoms with Gasteiger partial charge in [0.25, 0.3) is 5.91 Å². The molecule has 0 aromatic heterocycles. The molecule has 0 spiro atoms. The molecule has 1 amide bonds. The molecule has 172 valence electrons. The first-order valence-electron chi connectivity index (χ1n) is 12.4. The fourth-order valence-electron chi connectivity index (χ4n) is 5.21. The van der Waals surface area contributed by atoms with Crippen LogP contribution in [0.25, 0.3) is 0 Å². The van der Waals surface area contributed by atoms with E-state index in [2.05, 4.69) is 72.3 Å². The van der Waals surface area contributed by atoms with E-state index in [1.54, 1.807) is 0 Å². The Morgan fingerprint density at radius 1 is 0.938 bits per heavy atom. The van der Waals surface area contributed by atoms with Crippen molar-refractivity contribution < 1.29 is 4.79 Å². The van der Waals surface area contributed by atoms with Crippen molar-refractivity contribution in [3.63, 3.8) is 0 Å². The lowest BCUT2D eigenvalue weighted by Gasteiger charge is -2.33. The number of amides is 1. The van der Waals surface area contributed by atoms with Crippen LogP contribution in [0.15, 0.2) is 48.5 Å². The predicted molar refractivity (Wildman–Crippen MR) is 133 cm³/mol. The van der Waals surface area contributed by atoms with E-state index in [4.69, 9.17) is 0 Å². The zero-order chi connectivity index (χ0) is 22.5. The summed E-state index contributed by atoms with van der Waals surface area (Å²) in [5.41, 5.74) is 4.44. The van der Waals surface area contributed by atoms with Crippen LogP contribution in [0.5, 0.6) is 0 Å². The molecule has 0 saturated carbocycles. The zero-order valence-corrected chi connectivity index (χ0v) is 20.0. The number of piperidine rings is 2. The van der Waals surface area contributed by atoms with Crippen LogP contribution in [0, 0.1) is 11.8 Å².